The molecule has 1 heterocycles. The van der Waals surface area contributed by atoms with Gasteiger partial charge < -0.3 is 0 Å². The van der Waals surface area contributed by atoms with Crippen LogP contribution in [0, 0.1) is 0 Å². The molecule has 2 heteroatoms. The molecule has 0 saturated heterocycles. The van der Waals surface area contributed by atoms with Crippen molar-refractivity contribution < 1.29 is 0 Å². The summed E-state index contributed by atoms with van der Waals surface area (Å²) in [5.74, 6) is 0. The third kappa shape index (κ3) is 2.23. The van der Waals surface area contributed by atoms with E-state index in [-0.39, 0.29) is 0 Å². The van der Waals surface area contributed by atoms with Crippen molar-refractivity contribution in [3.63, 3.8) is 0 Å². The molecule has 1 aromatic heterocycles. The van der Waals surface area contributed by atoms with Crippen LogP contribution in [0.1, 0.15) is 0 Å². The first-order chi connectivity index (χ1) is 8.43. The van der Waals surface area contributed by atoms with Gasteiger partial charge in [-0.1, -0.05) is 0 Å². The second kappa shape index (κ2) is 4.70. The van der Waals surface area contributed by atoms with E-state index in [0.717, 1.165) is 5.69 Å². The summed E-state index contributed by atoms with van der Waals surface area (Å²) in [5.41, 5.74) is 3.57. The summed E-state index contributed by atoms with van der Waals surface area (Å²) in [5, 5.41) is 0. The van der Waals surface area contributed by atoms with Gasteiger partial charge in [-0.05, 0) is 0 Å². The first kappa shape index (κ1) is 10.5. The SMILES string of the molecule is c1ccc(-c2c[se]c(-c3ccccc3)n2)cc1. The van der Waals surface area contributed by atoms with Crippen LogP contribution in [0.5, 0.6) is 0 Å². The maximum atomic E-state index is 4.73. The molecular weight excluding hydrogens is 273 g/mol. The van der Waals surface area contributed by atoms with Crippen molar-refractivity contribution >= 4 is 14.5 Å². The molecule has 0 bridgehead atoms. The fraction of sp³-hybridized carbons (Fsp3) is 0. The zero-order valence-corrected chi connectivity index (χ0v) is 10.9. The Labute approximate surface area is 107 Å². The number of benzene rings is 2. The van der Waals surface area contributed by atoms with Gasteiger partial charge in [-0.25, -0.2) is 0 Å². The molecule has 0 radical (unpaired) electrons. The van der Waals surface area contributed by atoms with Crippen LogP contribution in [0.2, 0.25) is 0 Å². The zero-order chi connectivity index (χ0) is 11.5. The number of rotatable bonds is 2. The number of hydrogen-bond acceptors (Lipinski definition) is 1. The van der Waals surface area contributed by atoms with E-state index >= 15 is 0 Å². The summed E-state index contributed by atoms with van der Waals surface area (Å²) >= 11 is 0.354. The van der Waals surface area contributed by atoms with Crippen LogP contribution < -0.4 is 0 Å². The van der Waals surface area contributed by atoms with Gasteiger partial charge in [-0.15, -0.1) is 0 Å². The summed E-state index contributed by atoms with van der Waals surface area (Å²) in [4.78, 5) is 6.99. The second-order valence-electron chi connectivity index (χ2n) is 3.77. The van der Waals surface area contributed by atoms with E-state index in [4.69, 9.17) is 4.98 Å². The molecule has 0 fully saturated rings. The van der Waals surface area contributed by atoms with Crippen molar-refractivity contribution in [3.8, 4) is 21.4 Å². The Kier molecular flexibility index (Phi) is 2.91. The number of aromatic nitrogens is 1. The zero-order valence-electron chi connectivity index (χ0n) is 9.21. The molecule has 0 aliphatic heterocycles. The summed E-state index contributed by atoms with van der Waals surface area (Å²) in [6.07, 6.45) is 0. The predicted molar refractivity (Wildman–Crippen MR) is 72.0 cm³/mol. The first-order valence-electron chi connectivity index (χ1n) is 5.50. The number of hydrogen-bond donors (Lipinski definition) is 0. The fourth-order valence-corrected chi connectivity index (χ4v) is 3.48. The van der Waals surface area contributed by atoms with Gasteiger partial charge in [0, 0.05) is 0 Å². The van der Waals surface area contributed by atoms with Gasteiger partial charge in [0.25, 0.3) is 0 Å². The molecule has 0 N–H and O–H groups in total. The Hall–Kier alpha value is -1.63. The van der Waals surface area contributed by atoms with Gasteiger partial charge in [0.2, 0.25) is 0 Å². The molecule has 0 unspecified atom stereocenters. The topological polar surface area (TPSA) is 12.9 Å². The maximum absolute atomic E-state index is 4.73. The molecule has 17 heavy (non-hydrogen) atoms. The molecule has 0 aliphatic rings. The van der Waals surface area contributed by atoms with E-state index in [0.29, 0.717) is 14.5 Å². The fourth-order valence-electron chi connectivity index (χ4n) is 1.73. The summed E-state index contributed by atoms with van der Waals surface area (Å²) < 4.78 is 1.22. The van der Waals surface area contributed by atoms with Crippen LogP contribution in [0.3, 0.4) is 0 Å². The van der Waals surface area contributed by atoms with Crippen molar-refractivity contribution in [1.82, 2.24) is 4.98 Å². The van der Waals surface area contributed by atoms with Crippen molar-refractivity contribution in [2.75, 3.05) is 0 Å². The molecule has 0 aliphatic carbocycles. The normalized spacial score (nSPS) is 10.4. The average Bonchev–Trinajstić information content (AvgIpc) is 2.90. The molecule has 0 spiro atoms. The summed E-state index contributed by atoms with van der Waals surface area (Å²) in [6, 6.07) is 20.8. The summed E-state index contributed by atoms with van der Waals surface area (Å²) in [7, 11) is 0. The Balaban J connectivity index is 1.99. The third-order valence-electron chi connectivity index (χ3n) is 2.59. The minimum atomic E-state index is 0.354. The summed E-state index contributed by atoms with van der Waals surface area (Å²) in [6.45, 7) is 0. The monoisotopic (exact) mass is 285 g/mol. The molecule has 0 amide bonds. The van der Waals surface area contributed by atoms with Crippen LogP contribution in [-0.4, -0.2) is 19.5 Å². The van der Waals surface area contributed by atoms with E-state index in [1.54, 1.807) is 0 Å². The Morgan fingerprint density at radius 3 is 1.94 bits per heavy atom. The average molecular weight is 284 g/mol. The van der Waals surface area contributed by atoms with Crippen LogP contribution in [-0.2, 0) is 0 Å². The standard InChI is InChI=1S/C15H11NSe/c1-3-7-12(8-4-1)14-11-17-15(16-14)13-9-5-2-6-10-13/h1-11H. The Morgan fingerprint density at radius 2 is 1.29 bits per heavy atom. The van der Waals surface area contributed by atoms with E-state index in [1.807, 2.05) is 12.1 Å². The molecule has 3 rings (SSSR count). The molecule has 0 atom stereocenters. The van der Waals surface area contributed by atoms with Crippen molar-refractivity contribution in [2.24, 2.45) is 0 Å². The Bertz CT molecular complexity index is 545. The molecule has 2 aromatic carbocycles. The van der Waals surface area contributed by atoms with Crippen LogP contribution in [0.4, 0.5) is 0 Å². The van der Waals surface area contributed by atoms with Gasteiger partial charge in [0.05, 0.1) is 0 Å². The molecule has 82 valence electrons. The van der Waals surface area contributed by atoms with Gasteiger partial charge in [0.15, 0.2) is 0 Å². The van der Waals surface area contributed by atoms with Crippen LogP contribution >= 0.6 is 0 Å². The third-order valence-corrected chi connectivity index (χ3v) is 4.46. The minimum absolute atomic E-state index is 0.354. The van der Waals surface area contributed by atoms with E-state index in [1.165, 1.54) is 15.7 Å². The van der Waals surface area contributed by atoms with E-state index in [9.17, 15) is 0 Å². The van der Waals surface area contributed by atoms with Gasteiger partial charge >= 0.3 is 106 Å². The Morgan fingerprint density at radius 1 is 0.706 bits per heavy atom. The first-order valence-corrected chi connectivity index (χ1v) is 7.34. The van der Waals surface area contributed by atoms with Crippen molar-refractivity contribution in [3.05, 3.63) is 65.6 Å². The molecule has 3 aromatic rings. The predicted octanol–water partition coefficient (Wildman–Crippen LogP) is 3.47. The van der Waals surface area contributed by atoms with Gasteiger partial charge in [-0.2, -0.15) is 0 Å². The van der Waals surface area contributed by atoms with Gasteiger partial charge in [0.1, 0.15) is 0 Å². The quantitative estimate of drug-likeness (QED) is 0.657. The van der Waals surface area contributed by atoms with E-state index < -0.39 is 0 Å². The van der Waals surface area contributed by atoms with Crippen LogP contribution in [0.25, 0.3) is 21.4 Å². The second-order valence-corrected chi connectivity index (χ2v) is 5.57. The molecular formula is C15H11NSe. The number of nitrogens with zero attached hydrogens (tertiary/aromatic N) is 1. The molecule has 0 saturated carbocycles. The van der Waals surface area contributed by atoms with Crippen LogP contribution in [0.15, 0.2) is 65.6 Å². The van der Waals surface area contributed by atoms with Gasteiger partial charge in [-0.3, -0.25) is 0 Å². The van der Waals surface area contributed by atoms with Crippen molar-refractivity contribution in [2.45, 2.75) is 0 Å². The van der Waals surface area contributed by atoms with Crippen molar-refractivity contribution in [1.29, 1.82) is 0 Å². The van der Waals surface area contributed by atoms with E-state index in [2.05, 4.69) is 53.5 Å². The molecule has 1 nitrogen and oxygen atoms in total.